The second-order valence-corrected chi connectivity index (χ2v) is 6.82. The summed E-state index contributed by atoms with van der Waals surface area (Å²) in [6.07, 6.45) is 4.51. The van der Waals surface area contributed by atoms with Crippen LogP contribution in [0.5, 0.6) is 5.88 Å². The molecule has 1 aromatic heterocycles. The standard InChI is InChI=1S/C20H20N4O4/c1-13-2-4-15(10-18(13)24(26)27)20(25)23-16-5-7-17(8-6-16)28-19-9-3-14(11-21)12-22-19/h2-4,9-10,12,16-17H,5-8H2,1H3,(H,23,25). The molecule has 0 unspecified atom stereocenters. The molecule has 144 valence electrons. The molecule has 8 nitrogen and oxygen atoms in total. The average Bonchev–Trinajstić information content (AvgIpc) is 2.70. The van der Waals surface area contributed by atoms with E-state index in [0.29, 0.717) is 17.0 Å². The van der Waals surface area contributed by atoms with Crippen LogP contribution in [-0.4, -0.2) is 28.0 Å². The van der Waals surface area contributed by atoms with Gasteiger partial charge in [-0.1, -0.05) is 6.07 Å². The quantitative estimate of drug-likeness (QED) is 0.628. The van der Waals surface area contributed by atoms with Gasteiger partial charge in [-0.15, -0.1) is 0 Å². The van der Waals surface area contributed by atoms with Crippen LogP contribution in [0.3, 0.4) is 0 Å². The summed E-state index contributed by atoms with van der Waals surface area (Å²) in [4.78, 5) is 27.1. The van der Waals surface area contributed by atoms with Crippen molar-refractivity contribution in [1.29, 1.82) is 5.26 Å². The Labute approximate surface area is 162 Å². The van der Waals surface area contributed by atoms with E-state index in [4.69, 9.17) is 10.00 Å². The molecule has 0 radical (unpaired) electrons. The molecule has 0 spiro atoms. The summed E-state index contributed by atoms with van der Waals surface area (Å²) < 4.78 is 5.84. The summed E-state index contributed by atoms with van der Waals surface area (Å²) in [6, 6.07) is 9.85. The highest BCUT2D eigenvalue weighted by Crippen LogP contribution is 2.24. The Morgan fingerprint density at radius 3 is 2.64 bits per heavy atom. The summed E-state index contributed by atoms with van der Waals surface area (Å²) in [5, 5.41) is 22.8. The number of benzene rings is 1. The fourth-order valence-corrected chi connectivity index (χ4v) is 3.23. The zero-order valence-electron chi connectivity index (χ0n) is 15.4. The van der Waals surface area contributed by atoms with Crippen LogP contribution < -0.4 is 10.1 Å². The maximum Gasteiger partial charge on any atom is 0.273 e. The molecule has 28 heavy (non-hydrogen) atoms. The average molecular weight is 380 g/mol. The number of carbonyl (C=O) groups excluding carboxylic acids is 1. The summed E-state index contributed by atoms with van der Waals surface area (Å²) in [7, 11) is 0. The lowest BCUT2D eigenvalue weighted by Gasteiger charge is -2.29. The molecule has 0 bridgehead atoms. The number of nitrogens with zero attached hydrogens (tertiary/aromatic N) is 3. The van der Waals surface area contributed by atoms with E-state index < -0.39 is 4.92 Å². The number of hydrogen-bond donors (Lipinski definition) is 1. The normalized spacial score (nSPS) is 18.7. The van der Waals surface area contributed by atoms with Crippen LogP contribution in [0.15, 0.2) is 36.5 Å². The largest absolute Gasteiger partial charge is 0.474 e. The van der Waals surface area contributed by atoms with Gasteiger partial charge in [-0.05, 0) is 44.7 Å². The van der Waals surface area contributed by atoms with Gasteiger partial charge in [-0.2, -0.15) is 5.26 Å². The number of aryl methyl sites for hydroxylation is 1. The molecular weight excluding hydrogens is 360 g/mol. The Bertz CT molecular complexity index is 913. The molecule has 1 aromatic carbocycles. The van der Waals surface area contributed by atoms with E-state index in [1.54, 1.807) is 31.2 Å². The number of aromatic nitrogens is 1. The summed E-state index contributed by atoms with van der Waals surface area (Å²) in [6.45, 7) is 1.64. The highest BCUT2D eigenvalue weighted by atomic mass is 16.6. The fraction of sp³-hybridized carbons (Fsp3) is 0.350. The second-order valence-electron chi connectivity index (χ2n) is 6.82. The number of carbonyl (C=O) groups is 1. The number of hydrogen-bond acceptors (Lipinski definition) is 6. The Morgan fingerprint density at radius 2 is 2.04 bits per heavy atom. The molecule has 1 aliphatic carbocycles. The third-order valence-electron chi connectivity index (χ3n) is 4.83. The molecule has 8 heteroatoms. The first kappa shape index (κ1) is 19.3. The number of rotatable bonds is 5. The number of nitro benzene ring substituents is 1. The van der Waals surface area contributed by atoms with Gasteiger partial charge in [0.1, 0.15) is 12.2 Å². The first-order valence-electron chi connectivity index (χ1n) is 9.05. The molecule has 1 aliphatic rings. The molecule has 0 aliphatic heterocycles. The highest BCUT2D eigenvalue weighted by molar-refractivity contribution is 5.95. The summed E-state index contributed by atoms with van der Waals surface area (Å²) >= 11 is 0. The third-order valence-corrected chi connectivity index (χ3v) is 4.83. The van der Waals surface area contributed by atoms with Crippen molar-refractivity contribution in [2.75, 3.05) is 0 Å². The number of pyridine rings is 1. The van der Waals surface area contributed by atoms with Crippen LogP contribution in [0.1, 0.15) is 47.2 Å². The topological polar surface area (TPSA) is 118 Å². The second kappa shape index (κ2) is 8.48. The lowest BCUT2D eigenvalue weighted by molar-refractivity contribution is -0.385. The Kier molecular flexibility index (Phi) is 5.84. The molecule has 2 aromatic rings. The van der Waals surface area contributed by atoms with Gasteiger partial charge in [0, 0.05) is 35.5 Å². The van der Waals surface area contributed by atoms with Crippen molar-refractivity contribution < 1.29 is 14.5 Å². The predicted molar refractivity (Wildman–Crippen MR) is 101 cm³/mol. The van der Waals surface area contributed by atoms with E-state index in [0.717, 1.165) is 25.7 Å². The molecule has 1 heterocycles. The predicted octanol–water partition coefficient (Wildman–Crippen LogP) is 3.29. The van der Waals surface area contributed by atoms with E-state index in [1.807, 2.05) is 6.07 Å². The molecule has 3 rings (SSSR count). The molecule has 0 atom stereocenters. The maximum atomic E-state index is 12.4. The van der Waals surface area contributed by atoms with Gasteiger partial charge < -0.3 is 10.1 Å². The van der Waals surface area contributed by atoms with Crippen molar-refractivity contribution in [1.82, 2.24) is 10.3 Å². The van der Waals surface area contributed by atoms with E-state index in [1.165, 1.54) is 12.3 Å². The van der Waals surface area contributed by atoms with Gasteiger partial charge in [0.25, 0.3) is 11.6 Å². The lowest BCUT2D eigenvalue weighted by atomic mass is 9.92. The zero-order chi connectivity index (χ0) is 20.1. The molecule has 0 saturated heterocycles. The molecule has 1 N–H and O–H groups in total. The summed E-state index contributed by atoms with van der Waals surface area (Å²) in [5.41, 5.74) is 1.24. The van der Waals surface area contributed by atoms with Gasteiger partial charge in [-0.25, -0.2) is 4.98 Å². The van der Waals surface area contributed by atoms with Gasteiger partial charge in [0.15, 0.2) is 0 Å². The third kappa shape index (κ3) is 4.62. The maximum absolute atomic E-state index is 12.4. The first-order valence-corrected chi connectivity index (χ1v) is 9.05. The van der Waals surface area contributed by atoms with Crippen LogP contribution >= 0.6 is 0 Å². The van der Waals surface area contributed by atoms with Gasteiger partial charge in [0.05, 0.1) is 10.5 Å². The fourth-order valence-electron chi connectivity index (χ4n) is 3.23. The number of nitriles is 1. The molecule has 1 amide bonds. The lowest BCUT2D eigenvalue weighted by Crippen LogP contribution is -2.39. The Morgan fingerprint density at radius 1 is 1.29 bits per heavy atom. The Balaban J connectivity index is 1.52. The number of nitrogens with one attached hydrogen (secondary N) is 1. The van der Waals surface area contributed by atoms with Crippen LogP contribution in [0.25, 0.3) is 0 Å². The van der Waals surface area contributed by atoms with Crippen LogP contribution in [0.2, 0.25) is 0 Å². The minimum Gasteiger partial charge on any atom is -0.474 e. The highest BCUT2D eigenvalue weighted by Gasteiger charge is 2.25. The monoisotopic (exact) mass is 380 g/mol. The first-order chi connectivity index (χ1) is 13.5. The van der Waals surface area contributed by atoms with Gasteiger partial charge >= 0.3 is 0 Å². The smallest absolute Gasteiger partial charge is 0.273 e. The van der Waals surface area contributed by atoms with Crippen molar-refractivity contribution in [3.63, 3.8) is 0 Å². The molecule has 1 saturated carbocycles. The van der Waals surface area contributed by atoms with Crippen molar-refractivity contribution in [3.05, 3.63) is 63.3 Å². The van der Waals surface area contributed by atoms with E-state index >= 15 is 0 Å². The van der Waals surface area contributed by atoms with E-state index in [9.17, 15) is 14.9 Å². The zero-order valence-corrected chi connectivity index (χ0v) is 15.4. The van der Waals surface area contributed by atoms with Gasteiger partial charge in [0.2, 0.25) is 5.88 Å². The SMILES string of the molecule is Cc1ccc(C(=O)NC2CCC(Oc3ccc(C#N)cn3)CC2)cc1[N+](=O)[O-]. The van der Waals surface area contributed by atoms with Crippen molar-refractivity contribution in [3.8, 4) is 11.9 Å². The van der Waals surface area contributed by atoms with Gasteiger partial charge in [-0.3, -0.25) is 14.9 Å². The van der Waals surface area contributed by atoms with Crippen molar-refractivity contribution in [2.24, 2.45) is 0 Å². The minimum absolute atomic E-state index is 0.00151. The number of nitro groups is 1. The Hall–Kier alpha value is -3.47. The molecule has 1 fully saturated rings. The molecular formula is C20H20N4O4. The van der Waals surface area contributed by atoms with E-state index in [-0.39, 0.29) is 29.3 Å². The number of ether oxygens (including phenoxy) is 1. The van der Waals surface area contributed by atoms with Crippen LogP contribution in [-0.2, 0) is 0 Å². The number of amides is 1. The minimum atomic E-state index is -0.480. The van der Waals surface area contributed by atoms with Crippen molar-refractivity contribution >= 4 is 11.6 Å². The van der Waals surface area contributed by atoms with Crippen molar-refractivity contribution in [2.45, 2.75) is 44.8 Å². The van der Waals surface area contributed by atoms with Crippen LogP contribution in [0, 0.1) is 28.4 Å². The van der Waals surface area contributed by atoms with Crippen LogP contribution in [0.4, 0.5) is 5.69 Å². The summed E-state index contributed by atoms with van der Waals surface area (Å²) in [5.74, 6) is 0.180. The van der Waals surface area contributed by atoms with E-state index in [2.05, 4.69) is 10.3 Å².